The average molecular weight is 355 g/mol. The molecule has 0 N–H and O–H groups in total. The van der Waals surface area contributed by atoms with Crippen molar-refractivity contribution in [2.75, 3.05) is 0 Å². The summed E-state index contributed by atoms with van der Waals surface area (Å²) in [6.45, 7) is 4.78. The Kier molecular flexibility index (Phi) is 4.78. The topological polar surface area (TPSA) is 109 Å². The van der Waals surface area contributed by atoms with Crippen molar-refractivity contribution in [2.45, 2.75) is 26.9 Å². The molecule has 0 aliphatic carbocycles. The van der Waals surface area contributed by atoms with Gasteiger partial charge in [0.1, 0.15) is 23.9 Å². The summed E-state index contributed by atoms with van der Waals surface area (Å²) < 4.78 is 8.78. The minimum atomic E-state index is -0.506. The van der Waals surface area contributed by atoms with Gasteiger partial charge in [-0.3, -0.25) is 24.3 Å². The number of nitro groups is 1. The Balaban J connectivity index is 1.67. The van der Waals surface area contributed by atoms with Gasteiger partial charge in [-0.05, 0) is 38.1 Å². The van der Waals surface area contributed by atoms with E-state index in [-0.39, 0.29) is 18.0 Å². The minimum Gasteiger partial charge on any atom is -0.460 e. The van der Waals surface area contributed by atoms with E-state index in [0.717, 1.165) is 5.69 Å². The summed E-state index contributed by atoms with van der Waals surface area (Å²) in [6.07, 6.45) is 7.09. The van der Waals surface area contributed by atoms with Gasteiger partial charge in [0.2, 0.25) is 0 Å². The molecular formula is C17H17N5O4. The summed E-state index contributed by atoms with van der Waals surface area (Å²) in [5, 5.41) is 18.7. The van der Waals surface area contributed by atoms with Crippen LogP contribution in [0.4, 0.5) is 5.69 Å². The third-order valence-corrected chi connectivity index (χ3v) is 3.90. The van der Waals surface area contributed by atoms with Crippen LogP contribution in [-0.2, 0) is 13.1 Å². The number of aryl methyl sites for hydroxylation is 1. The van der Waals surface area contributed by atoms with E-state index in [1.165, 1.54) is 23.2 Å². The van der Waals surface area contributed by atoms with Gasteiger partial charge in [-0.15, -0.1) is 0 Å². The monoisotopic (exact) mass is 355 g/mol. The number of hydrogen-bond donors (Lipinski definition) is 0. The third kappa shape index (κ3) is 3.61. The third-order valence-electron chi connectivity index (χ3n) is 3.90. The van der Waals surface area contributed by atoms with Crippen LogP contribution in [0, 0.1) is 17.0 Å². The molecule has 0 amide bonds. The molecule has 134 valence electrons. The lowest BCUT2D eigenvalue weighted by atomic mass is 10.1. The first kappa shape index (κ1) is 17.3. The Bertz CT molecular complexity index is 979. The van der Waals surface area contributed by atoms with Crippen LogP contribution in [0.2, 0.25) is 0 Å². The van der Waals surface area contributed by atoms with Gasteiger partial charge in [-0.25, -0.2) is 0 Å². The van der Waals surface area contributed by atoms with Crippen LogP contribution in [0.5, 0.6) is 0 Å². The van der Waals surface area contributed by atoms with Crippen LogP contribution >= 0.6 is 0 Å². The van der Waals surface area contributed by atoms with Crippen molar-refractivity contribution in [1.29, 1.82) is 0 Å². The Morgan fingerprint density at radius 1 is 1.35 bits per heavy atom. The SMILES string of the molecule is CCn1ncc(C(=O)/C=C/c2ccc(Cn3cc([N+](=O)[O-])cn3)o2)c1C. The van der Waals surface area contributed by atoms with Crippen LogP contribution < -0.4 is 0 Å². The normalized spacial score (nSPS) is 11.3. The van der Waals surface area contributed by atoms with Crippen molar-refractivity contribution in [2.24, 2.45) is 0 Å². The number of rotatable bonds is 7. The molecule has 3 aromatic heterocycles. The highest BCUT2D eigenvalue weighted by molar-refractivity contribution is 6.07. The van der Waals surface area contributed by atoms with Crippen LogP contribution in [0.25, 0.3) is 6.08 Å². The van der Waals surface area contributed by atoms with E-state index < -0.39 is 4.92 Å². The quantitative estimate of drug-likeness (QED) is 0.279. The number of carbonyl (C=O) groups is 1. The molecule has 0 unspecified atom stereocenters. The van der Waals surface area contributed by atoms with Crippen molar-refractivity contribution in [3.8, 4) is 0 Å². The highest BCUT2D eigenvalue weighted by Gasteiger charge is 2.12. The Morgan fingerprint density at radius 2 is 2.15 bits per heavy atom. The number of carbonyl (C=O) groups excluding carboxylic acids is 1. The zero-order valence-electron chi connectivity index (χ0n) is 14.3. The van der Waals surface area contributed by atoms with Crippen molar-refractivity contribution >= 4 is 17.5 Å². The molecule has 0 spiro atoms. The van der Waals surface area contributed by atoms with Crippen molar-refractivity contribution in [3.05, 3.63) is 69.7 Å². The first-order chi connectivity index (χ1) is 12.5. The molecule has 26 heavy (non-hydrogen) atoms. The van der Waals surface area contributed by atoms with Gasteiger partial charge in [-0.2, -0.15) is 10.2 Å². The fourth-order valence-corrected chi connectivity index (χ4v) is 2.52. The zero-order chi connectivity index (χ0) is 18.7. The van der Waals surface area contributed by atoms with Crippen LogP contribution in [0.15, 0.2) is 41.2 Å². The van der Waals surface area contributed by atoms with Gasteiger partial charge in [-0.1, -0.05) is 0 Å². The molecule has 9 nitrogen and oxygen atoms in total. The second-order valence-electron chi connectivity index (χ2n) is 5.61. The molecule has 3 heterocycles. The summed E-state index contributed by atoms with van der Waals surface area (Å²) in [5.74, 6) is 0.934. The van der Waals surface area contributed by atoms with Crippen molar-refractivity contribution in [3.63, 3.8) is 0 Å². The maximum Gasteiger partial charge on any atom is 0.307 e. The Hall–Kier alpha value is -3.49. The maximum atomic E-state index is 12.3. The van der Waals surface area contributed by atoms with Crippen LogP contribution in [0.3, 0.4) is 0 Å². The molecular weight excluding hydrogens is 338 g/mol. The van der Waals surface area contributed by atoms with Gasteiger partial charge in [0.15, 0.2) is 5.78 Å². The molecule has 0 bridgehead atoms. The molecule has 3 rings (SSSR count). The maximum absolute atomic E-state index is 12.3. The number of nitrogens with zero attached hydrogens (tertiary/aromatic N) is 5. The second-order valence-corrected chi connectivity index (χ2v) is 5.61. The van der Waals surface area contributed by atoms with Crippen molar-refractivity contribution < 1.29 is 14.1 Å². The highest BCUT2D eigenvalue weighted by atomic mass is 16.6. The fourth-order valence-electron chi connectivity index (χ4n) is 2.52. The molecule has 0 radical (unpaired) electrons. The number of aromatic nitrogens is 4. The van der Waals surface area contributed by atoms with E-state index >= 15 is 0 Å². The first-order valence-electron chi connectivity index (χ1n) is 7.98. The molecule has 0 fully saturated rings. The largest absolute Gasteiger partial charge is 0.460 e. The van der Waals surface area contributed by atoms with Crippen molar-refractivity contribution in [1.82, 2.24) is 19.6 Å². The smallest absolute Gasteiger partial charge is 0.307 e. The minimum absolute atomic E-state index is 0.0785. The zero-order valence-corrected chi connectivity index (χ0v) is 14.3. The molecule has 0 aliphatic heterocycles. The highest BCUT2D eigenvalue weighted by Crippen LogP contribution is 2.15. The first-order valence-corrected chi connectivity index (χ1v) is 7.98. The lowest BCUT2D eigenvalue weighted by Crippen LogP contribution is -2.01. The summed E-state index contributed by atoms with van der Waals surface area (Å²) in [4.78, 5) is 22.4. The van der Waals surface area contributed by atoms with E-state index in [0.29, 0.717) is 23.6 Å². The van der Waals surface area contributed by atoms with Gasteiger partial charge >= 0.3 is 5.69 Å². The predicted molar refractivity (Wildman–Crippen MR) is 92.7 cm³/mol. The number of furan rings is 1. The Labute approximate surface area is 148 Å². The molecule has 0 aromatic carbocycles. The van der Waals surface area contributed by atoms with Crippen LogP contribution in [-0.4, -0.2) is 30.3 Å². The lowest BCUT2D eigenvalue weighted by Gasteiger charge is -1.99. The van der Waals surface area contributed by atoms with E-state index in [9.17, 15) is 14.9 Å². The Morgan fingerprint density at radius 3 is 2.81 bits per heavy atom. The van der Waals surface area contributed by atoms with Gasteiger partial charge in [0.25, 0.3) is 0 Å². The number of ketones is 1. The lowest BCUT2D eigenvalue weighted by molar-refractivity contribution is -0.385. The molecule has 9 heteroatoms. The second kappa shape index (κ2) is 7.18. The van der Waals surface area contributed by atoms with E-state index in [1.54, 1.807) is 29.1 Å². The molecule has 0 saturated heterocycles. The van der Waals surface area contributed by atoms with Gasteiger partial charge in [0, 0.05) is 12.2 Å². The molecule has 0 saturated carbocycles. The molecule has 3 aromatic rings. The van der Waals surface area contributed by atoms with E-state index in [2.05, 4.69) is 10.2 Å². The summed E-state index contributed by atoms with van der Waals surface area (Å²) >= 11 is 0. The summed E-state index contributed by atoms with van der Waals surface area (Å²) in [5.41, 5.74) is 1.30. The summed E-state index contributed by atoms with van der Waals surface area (Å²) in [6, 6.07) is 3.46. The van der Waals surface area contributed by atoms with E-state index in [1.807, 2.05) is 13.8 Å². The number of hydrogen-bond acceptors (Lipinski definition) is 6. The van der Waals surface area contributed by atoms with Gasteiger partial charge in [0.05, 0.1) is 23.2 Å². The van der Waals surface area contributed by atoms with Crippen LogP contribution in [0.1, 0.15) is 34.5 Å². The van der Waals surface area contributed by atoms with E-state index in [4.69, 9.17) is 4.42 Å². The molecule has 0 atom stereocenters. The molecule has 0 aliphatic rings. The number of allylic oxidation sites excluding steroid dienone is 1. The summed E-state index contributed by atoms with van der Waals surface area (Å²) in [7, 11) is 0. The average Bonchev–Trinajstić information content (AvgIpc) is 3.33. The predicted octanol–water partition coefficient (Wildman–Crippen LogP) is 2.85. The fraction of sp³-hybridized carbons (Fsp3) is 0.235. The van der Waals surface area contributed by atoms with Gasteiger partial charge < -0.3 is 4.42 Å². The standard InChI is InChI=1S/C17H17N5O4/c1-3-21-12(2)16(9-19-21)17(23)7-6-14-4-5-15(26-14)11-20-10-13(8-18-20)22(24)25/h4-10H,3,11H2,1-2H3/b7-6+.